The second kappa shape index (κ2) is 16.3. The van der Waals surface area contributed by atoms with Crippen LogP contribution in [-0.4, -0.2) is 19.1 Å². The normalized spacial score (nSPS) is 10.5. The van der Waals surface area contributed by atoms with Crippen molar-refractivity contribution >= 4 is 6.03 Å². The Balaban J connectivity index is 3.07. The van der Waals surface area contributed by atoms with Crippen LogP contribution < -0.4 is 10.6 Å². The molecule has 0 fully saturated rings. The first-order chi connectivity index (χ1) is 9.81. The van der Waals surface area contributed by atoms with E-state index in [0.29, 0.717) is 6.54 Å². The van der Waals surface area contributed by atoms with Gasteiger partial charge in [-0.15, -0.1) is 0 Å². The lowest BCUT2D eigenvalue weighted by atomic mass is 10.1. The monoisotopic (exact) mass is 283 g/mol. The summed E-state index contributed by atoms with van der Waals surface area (Å²) < 4.78 is 0. The minimum Gasteiger partial charge on any atom is -0.337 e. The van der Waals surface area contributed by atoms with Crippen LogP contribution in [0, 0.1) is 0 Å². The molecule has 0 rings (SSSR count). The molecule has 1 N–H and O–H groups in total. The Morgan fingerprint density at radius 1 is 0.750 bits per heavy atom. The van der Waals surface area contributed by atoms with Gasteiger partial charge in [0.2, 0.25) is 0 Å². The van der Waals surface area contributed by atoms with Gasteiger partial charge in [-0.3, -0.25) is 0 Å². The summed E-state index contributed by atoms with van der Waals surface area (Å²) in [6.45, 7) is 5.83. The molecule has 0 saturated carbocycles. The first kappa shape index (κ1) is 19.3. The number of rotatable bonds is 14. The third-order valence-corrected chi connectivity index (χ3v) is 3.57. The van der Waals surface area contributed by atoms with E-state index >= 15 is 0 Å². The highest BCUT2D eigenvalue weighted by atomic mass is 16.2. The van der Waals surface area contributed by atoms with E-state index in [4.69, 9.17) is 0 Å². The second-order valence-electron chi connectivity index (χ2n) is 5.65. The quantitative estimate of drug-likeness (QED) is 0.447. The van der Waals surface area contributed by atoms with Crippen molar-refractivity contribution in [3.8, 4) is 0 Å². The maximum atomic E-state index is 11.3. The molecule has 0 unspecified atom stereocenters. The van der Waals surface area contributed by atoms with Crippen LogP contribution >= 0.6 is 0 Å². The van der Waals surface area contributed by atoms with Crippen molar-refractivity contribution in [2.75, 3.05) is 13.1 Å². The van der Waals surface area contributed by atoms with E-state index in [1.54, 1.807) is 0 Å². The van der Waals surface area contributed by atoms with Gasteiger partial charge in [0.15, 0.2) is 0 Å². The smallest absolute Gasteiger partial charge is 0.336 e. The van der Waals surface area contributed by atoms with Crippen LogP contribution in [0.3, 0.4) is 0 Å². The third kappa shape index (κ3) is 15.3. The molecule has 0 bridgehead atoms. The SMILES string of the molecule is CCCCCCCCCCCC[N]C(=O)NCCCC. The zero-order chi connectivity index (χ0) is 14.9. The maximum Gasteiger partial charge on any atom is 0.336 e. The Kier molecular flexibility index (Phi) is 15.7. The average molecular weight is 283 g/mol. The number of unbranched alkanes of at least 4 members (excludes halogenated alkanes) is 10. The summed E-state index contributed by atoms with van der Waals surface area (Å²) in [7, 11) is 0. The Hall–Kier alpha value is -0.730. The van der Waals surface area contributed by atoms with Crippen LogP contribution in [0.4, 0.5) is 4.79 Å². The zero-order valence-corrected chi connectivity index (χ0v) is 13.8. The topological polar surface area (TPSA) is 43.2 Å². The van der Waals surface area contributed by atoms with E-state index in [1.165, 1.54) is 57.8 Å². The Labute approximate surface area is 126 Å². The molecule has 0 spiro atoms. The standard InChI is InChI=1S/C17H35N2O/c1-3-5-7-8-9-10-11-12-13-14-16-19-17(20)18-15-6-4-2/h3-16H2,1-2H3,(H,18,20). The maximum absolute atomic E-state index is 11.3. The molecule has 20 heavy (non-hydrogen) atoms. The molecule has 0 aromatic heterocycles. The van der Waals surface area contributed by atoms with Gasteiger partial charge < -0.3 is 5.32 Å². The Morgan fingerprint density at radius 2 is 1.25 bits per heavy atom. The number of urea groups is 1. The first-order valence-electron chi connectivity index (χ1n) is 8.76. The Bertz CT molecular complexity index is 207. The molecule has 0 aliphatic rings. The van der Waals surface area contributed by atoms with E-state index in [2.05, 4.69) is 24.5 Å². The molecule has 3 heteroatoms. The summed E-state index contributed by atoms with van der Waals surface area (Å²) >= 11 is 0. The fraction of sp³-hybridized carbons (Fsp3) is 0.941. The van der Waals surface area contributed by atoms with E-state index in [9.17, 15) is 4.79 Å². The van der Waals surface area contributed by atoms with Gasteiger partial charge in [-0.05, 0) is 12.8 Å². The van der Waals surface area contributed by atoms with Gasteiger partial charge in [0.25, 0.3) is 0 Å². The minimum atomic E-state index is -0.130. The number of hydrogen-bond acceptors (Lipinski definition) is 1. The van der Waals surface area contributed by atoms with Crippen LogP contribution in [-0.2, 0) is 0 Å². The van der Waals surface area contributed by atoms with Gasteiger partial charge in [0, 0.05) is 13.1 Å². The third-order valence-electron chi connectivity index (χ3n) is 3.57. The molecule has 0 atom stereocenters. The van der Waals surface area contributed by atoms with Crippen molar-refractivity contribution in [3.05, 3.63) is 0 Å². The first-order valence-corrected chi connectivity index (χ1v) is 8.76. The molecule has 0 heterocycles. The van der Waals surface area contributed by atoms with Gasteiger partial charge in [-0.25, -0.2) is 10.1 Å². The molecule has 0 aliphatic carbocycles. The van der Waals surface area contributed by atoms with Gasteiger partial charge in [0.1, 0.15) is 0 Å². The van der Waals surface area contributed by atoms with Crippen LogP contribution in [0.1, 0.15) is 90.9 Å². The van der Waals surface area contributed by atoms with Crippen molar-refractivity contribution in [3.63, 3.8) is 0 Å². The summed E-state index contributed by atoms with van der Waals surface area (Å²) in [5, 5.41) is 6.83. The summed E-state index contributed by atoms with van der Waals surface area (Å²) in [6, 6.07) is -0.130. The summed E-state index contributed by atoms with van der Waals surface area (Å²) in [5.74, 6) is 0. The lowest BCUT2D eigenvalue weighted by molar-refractivity contribution is 0.239. The number of nitrogens with zero attached hydrogens (tertiary/aromatic N) is 1. The van der Waals surface area contributed by atoms with Gasteiger partial charge in [-0.1, -0.05) is 78.1 Å². The lowest BCUT2D eigenvalue weighted by Gasteiger charge is -2.04. The lowest BCUT2D eigenvalue weighted by Crippen LogP contribution is -2.31. The van der Waals surface area contributed by atoms with E-state index < -0.39 is 0 Å². The van der Waals surface area contributed by atoms with Gasteiger partial charge in [0.05, 0.1) is 0 Å². The zero-order valence-electron chi connectivity index (χ0n) is 13.8. The summed E-state index contributed by atoms with van der Waals surface area (Å²) in [5.41, 5.74) is 0. The molecular formula is C17H35N2O. The highest BCUT2D eigenvalue weighted by Gasteiger charge is 1.99. The highest BCUT2D eigenvalue weighted by Crippen LogP contribution is 2.10. The fourth-order valence-corrected chi connectivity index (χ4v) is 2.21. The molecular weight excluding hydrogens is 248 g/mol. The van der Waals surface area contributed by atoms with Crippen LogP contribution in [0.15, 0.2) is 0 Å². The molecule has 2 amide bonds. The van der Waals surface area contributed by atoms with Crippen molar-refractivity contribution < 1.29 is 4.79 Å². The molecule has 3 nitrogen and oxygen atoms in total. The van der Waals surface area contributed by atoms with Crippen LogP contribution in [0.2, 0.25) is 0 Å². The second-order valence-corrected chi connectivity index (χ2v) is 5.65. The molecule has 119 valence electrons. The Morgan fingerprint density at radius 3 is 1.80 bits per heavy atom. The number of amides is 2. The highest BCUT2D eigenvalue weighted by molar-refractivity contribution is 5.73. The fourth-order valence-electron chi connectivity index (χ4n) is 2.21. The number of carbonyl (C=O) groups excluding carboxylic acids is 1. The minimum absolute atomic E-state index is 0.130. The summed E-state index contributed by atoms with van der Waals surface area (Å²) in [4.78, 5) is 11.3. The van der Waals surface area contributed by atoms with E-state index in [1.807, 2.05) is 0 Å². The van der Waals surface area contributed by atoms with Crippen molar-refractivity contribution in [2.24, 2.45) is 0 Å². The van der Waals surface area contributed by atoms with Gasteiger partial charge in [-0.2, -0.15) is 0 Å². The molecule has 0 aromatic carbocycles. The van der Waals surface area contributed by atoms with Crippen LogP contribution in [0.5, 0.6) is 0 Å². The predicted molar refractivity (Wildman–Crippen MR) is 87.2 cm³/mol. The van der Waals surface area contributed by atoms with Gasteiger partial charge >= 0.3 is 6.03 Å². The molecule has 0 aliphatic heterocycles. The van der Waals surface area contributed by atoms with Crippen molar-refractivity contribution in [1.82, 2.24) is 10.6 Å². The molecule has 0 aromatic rings. The number of carbonyl (C=O) groups is 1. The molecule has 1 radical (unpaired) electrons. The van der Waals surface area contributed by atoms with Crippen molar-refractivity contribution in [1.29, 1.82) is 0 Å². The molecule has 0 saturated heterocycles. The summed E-state index contributed by atoms with van der Waals surface area (Å²) in [6.07, 6.45) is 15.3. The predicted octanol–water partition coefficient (Wildman–Crippen LogP) is 5.02. The number of nitrogens with one attached hydrogen (secondary N) is 1. The van der Waals surface area contributed by atoms with Crippen LogP contribution in [0.25, 0.3) is 0 Å². The average Bonchev–Trinajstić information content (AvgIpc) is 2.45. The number of hydrogen-bond donors (Lipinski definition) is 1. The van der Waals surface area contributed by atoms with E-state index in [0.717, 1.165) is 25.8 Å². The van der Waals surface area contributed by atoms with Crippen molar-refractivity contribution in [2.45, 2.75) is 90.9 Å². The largest absolute Gasteiger partial charge is 0.337 e. The van der Waals surface area contributed by atoms with E-state index in [-0.39, 0.29) is 6.03 Å².